The molecule has 1 amide bonds. The van der Waals surface area contributed by atoms with Crippen LogP contribution in [0.25, 0.3) is 22.5 Å². The first-order valence-electron chi connectivity index (χ1n) is 10.9. The minimum atomic E-state index is -0.681. The third-order valence-electron chi connectivity index (χ3n) is 5.75. The highest BCUT2D eigenvalue weighted by atomic mass is 19.1. The van der Waals surface area contributed by atoms with Crippen LogP contribution in [0.5, 0.6) is 0 Å². The van der Waals surface area contributed by atoms with Crippen molar-refractivity contribution in [1.29, 1.82) is 0 Å². The molecule has 5 rings (SSSR count). The van der Waals surface area contributed by atoms with Gasteiger partial charge in [0.1, 0.15) is 17.3 Å². The van der Waals surface area contributed by atoms with Crippen LogP contribution in [0.3, 0.4) is 0 Å². The Kier molecular flexibility index (Phi) is 5.69. The third kappa shape index (κ3) is 4.82. The molecule has 0 bridgehead atoms. The van der Waals surface area contributed by atoms with Crippen molar-refractivity contribution in [2.24, 2.45) is 5.92 Å². The summed E-state index contributed by atoms with van der Waals surface area (Å²) in [5, 5.41) is 2.75. The molecule has 5 nitrogen and oxygen atoms in total. The average Bonchev–Trinajstić information content (AvgIpc) is 3.55. The molecule has 1 N–H and O–H groups in total. The number of nitrogens with one attached hydrogen (secondary N) is 1. The molecule has 7 heteroatoms. The van der Waals surface area contributed by atoms with E-state index in [1.54, 1.807) is 18.5 Å². The molecule has 166 valence electrons. The summed E-state index contributed by atoms with van der Waals surface area (Å²) in [6.07, 6.45) is 7.73. The second-order valence-corrected chi connectivity index (χ2v) is 8.29. The Morgan fingerprint density at radius 3 is 2.42 bits per heavy atom. The summed E-state index contributed by atoms with van der Waals surface area (Å²) in [7, 11) is 0. The minimum absolute atomic E-state index is 0.0240. The number of carbonyl (C=O) groups is 1. The van der Waals surface area contributed by atoms with Crippen LogP contribution in [0.2, 0.25) is 0 Å². The van der Waals surface area contributed by atoms with E-state index < -0.39 is 11.6 Å². The molecule has 0 spiro atoms. The first kappa shape index (κ1) is 21.0. The third-order valence-corrected chi connectivity index (χ3v) is 5.75. The fourth-order valence-corrected chi connectivity index (χ4v) is 3.73. The van der Waals surface area contributed by atoms with Crippen LogP contribution in [-0.2, 0) is 13.1 Å². The fourth-order valence-electron chi connectivity index (χ4n) is 3.73. The van der Waals surface area contributed by atoms with Gasteiger partial charge < -0.3 is 9.88 Å². The average molecular weight is 444 g/mol. The lowest BCUT2D eigenvalue weighted by Gasteiger charge is -2.10. The maximum Gasteiger partial charge on any atom is 0.268 e. The molecule has 0 unspecified atom stereocenters. The molecule has 33 heavy (non-hydrogen) atoms. The van der Waals surface area contributed by atoms with E-state index in [1.165, 1.54) is 12.1 Å². The number of nitrogens with zero attached hydrogens (tertiary/aromatic N) is 3. The van der Waals surface area contributed by atoms with Gasteiger partial charge in [0.25, 0.3) is 5.91 Å². The summed E-state index contributed by atoms with van der Waals surface area (Å²) < 4.78 is 29.0. The van der Waals surface area contributed by atoms with Gasteiger partial charge in [-0.05, 0) is 30.9 Å². The highest BCUT2D eigenvalue weighted by Crippen LogP contribution is 2.32. The minimum Gasteiger partial charge on any atom is -0.347 e. The van der Waals surface area contributed by atoms with Crippen LogP contribution >= 0.6 is 0 Å². The van der Waals surface area contributed by atoms with Gasteiger partial charge in [0.2, 0.25) is 0 Å². The van der Waals surface area contributed by atoms with Gasteiger partial charge in [-0.15, -0.1) is 0 Å². The van der Waals surface area contributed by atoms with Crippen molar-refractivity contribution < 1.29 is 13.6 Å². The van der Waals surface area contributed by atoms with Crippen molar-refractivity contribution in [3.8, 4) is 22.5 Å². The molecular formula is C26H22F2N4O. The van der Waals surface area contributed by atoms with Crippen molar-refractivity contribution in [3.05, 3.63) is 96.1 Å². The molecule has 0 aliphatic heterocycles. The summed E-state index contributed by atoms with van der Waals surface area (Å²) in [5.41, 5.74) is 3.31. The Morgan fingerprint density at radius 2 is 1.73 bits per heavy atom. The van der Waals surface area contributed by atoms with Crippen LogP contribution < -0.4 is 5.32 Å². The Balaban J connectivity index is 1.37. The molecule has 2 heterocycles. The zero-order valence-electron chi connectivity index (χ0n) is 17.8. The fraction of sp³-hybridized carbons (Fsp3) is 0.192. The molecule has 0 atom stereocenters. The van der Waals surface area contributed by atoms with E-state index >= 15 is 0 Å². The predicted molar refractivity (Wildman–Crippen MR) is 121 cm³/mol. The number of hydrogen-bond acceptors (Lipinski definition) is 3. The molecule has 0 radical (unpaired) electrons. The van der Waals surface area contributed by atoms with E-state index in [2.05, 4.69) is 15.3 Å². The van der Waals surface area contributed by atoms with Gasteiger partial charge in [-0.1, -0.05) is 36.4 Å². The summed E-state index contributed by atoms with van der Waals surface area (Å²) >= 11 is 0. The number of carbonyl (C=O) groups excluding carboxylic acids is 1. The maximum absolute atomic E-state index is 13.9. The van der Waals surface area contributed by atoms with Gasteiger partial charge >= 0.3 is 0 Å². The standard InChI is InChI=1S/C26H22F2N4O/c27-22-9-8-19(23(28)11-22)12-31-26(33)24-10-20(16-32(24)15-17-6-7-17)21-13-29-25(30-14-21)18-4-2-1-3-5-18/h1-5,8-11,13-14,16-17H,6-7,12,15H2,(H,31,33). The van der Waals surface area contributed by atoms with Crippen molar-refractivity contribution in [3.63, 3.8) is 0 Å². The number of aromatic nitrogens is 3. The van der Waals surface area contributed by atoms with E-state index in [4.69, 9.17) is 0 Å². The molecular weight excluding hydrogens is 422 g/mol. The molecule has 1 aliphatic rings. The van der Waals surface area contributed by atoms with E-state index in [-0.39, 0.29) is 18.0 Å². The van der Waals surface area contributed by atoms with E-state index in [0.717, 1.165) is 42.1 Å². The Morgan fingerprint density at radius 1 is 0.970 bits per heavy atom. The lowest BCUT2D eigenvalue weighted by Crippen LogP contribution is -2.26. The smallest absolute Gasteiger partial charge is 0.268 e. The monoisotopic (exact) mass is 444 g/mol. The first-order valence-corrected chi connectivity index (χ1v) is 10.9. The number of rotatable bonds is 7. The maximum atomic E-state index is 13.9. The first-order chi connectivity index (χ1) is 16.1. The molecule has 0 saturated heterocycles. The largest absolute Gasteiger partial charge is 0.347 e. The highest BCUT2D eigenvalue weighted by Gasteiger charge is 2.25. The molecule has 2 aromatic heterocycles. The van der Waals surface area contributed by atoms with Gasteiger partial charge in [-0.3, -0.25) is 4.79 Å². The van der Waals surface area contributed by atoms with Gasteiger partial charge in [0, 0.05) is 60.0 Å². The van der Waals surface area contributed by atoms with Crippen molar-refractivity contribution in [2.45, 2.75) is 25.9 Å². The lowest BCUT2D eigenvalue weighted by atomic mass is 10.1. The quantitative estimate of drug-likeness (QED) is 0.425. The van der Waals surface area contributed by atoms with Crippen molar-refractivity contribution in [2.75, 3.05) is 0 Å². The summed E-state index contributed by atoms with van der Waals surface area (Å²) in [5.74, 6) is -0.447. The molecule has 1 saturated carbocycles. The zero-order valence-corrected chi connectivity index (χ0v) is 17.8. The Hall–Kier alpha value is -3.87. The van der Waals surface area contributed by atoms with Gasteiger partial charge in [-0.25, -0.2) is 18.7 Å². The van der Waals surface area contributed by atoms with Crippen LogP contribution in [0.15, 0.2) is 73.2 Å². The SMILES string of the molecule is O=C(NCc1ccc(F)cc1F)c1cc(-c2cnc(-c3ccccc3)nc2)cn1CC1CC1. The highest BCUT2D eigenvalue weighted by molar-refractivity contribution is 5.94. The lowest BCUT2D eigenvalue weighted by molar-refractivity contribution is 0.0941. The number of benzene rings is 2. The zero-order chi connectivity index (χ0) is 22.8. The normalized spacial score (nSPS) is 13.2. The van der Waals surface area contributed by atoms with Crippen LogP contribution in [-0.4, -0.2) is 20.4 Å². The predicted octanol–water partition coefficient (Wildman–Crippen LogP) is 5.23. The summed E-state index contributed by atoms with van der Waals surface area (Å²) in [4.78, 5) is 21.9. The molecule has 1 aliphatic carbocycles. The van der Waals surface area contributed by atoms with E-state index in [0.29, 0.717) is 17.4 Å². The van der Waals surface area contributed by atoms with Gasteiger partial charge in [-0.2, -0.15) is 0 Å². The van der Waals surface area contributed by atoms with Crippen molar-refractivity contribution in [1.82, 2.24) is 19.9 Å². The number of amides is 1. The number of hydrogen-bond donors (Lipinski definition) is 1. The van der Waals surface area contributed by atoms with Gasteiger partial charge in [0.15, 0.2) is 5.82 Å². The summed E-state index contributed by atoms with van der Waals surface area (Å²) in [6, 6.07) is 14.9. The van der Waals surface area contributed by atoms with Crippen LogP contribution in [0.1, 0.15) is 28.9 Å². The second-order valence-electron chi connectivity index (χ2n) is 8.29. The molecule has 1 fully saturated rings. The van der Waals surface area contributed by atoms with Gasteiger partial charge in [0.05, 0.1) is 0 Å². The second kappa shape index (κ2) is 8.94. The Bertz CT molecular complexity index is 1280. The van der Waals surface area contributed by atoms with Crippen LogP contribution in [0.4, 0.5) is 8.78 Å². The summed E-state index contributed by atoms with van der Waals surface area (Å²) in [6.45, 7) is 0.723. The van der Waals surface area contributed by atoms with Crippen LogP contribution in [0, 0.1) is 17.6 Å². The van der Waals surface area contributed by atoms with Crippen molar-refractivity contribution >= 4 is 5.91 Å². The molecule has 2 aromatic carbocycles. The Labute approximate surface area is 190 Å². The van der Waals surface area contributed by atoms with E-state index in [1.807, 2.05) is 41.1 Å². The topological polar surface area (TPSA) is 59.8 Å². The van der Waals surface area contributed by atoms with E-state index in [9.17, 15) is 13.6 Å². The number of halogens is 2. The molecule has 4 aromatic rings.